The lowest BCUT2D eigenvalue weighted by Crippen LogP contribution is -2.30. The van der Waals surface area contributed by atoms with Crippen LogP contribution in [-0.2, 0) is 4.79 Å². The number of carbonyl (C=O) groups excluding carboxylic acids is 2. The number of hydrogen-bond acceptors (Lipinski definition) is 5. The number of hydrogen-bond donors (Lipinski definition) is 1. The van der Waals surface area contributed by atoms with Crippen LogP contribution in [0.25, 0.3) is 0 Å². The molecule has 3 heterocycles. The van der Waals surface area contributed by atoms with Gasteiger partial charge in [-0.2, -0.15) is 0 Å². The second-order valence-corrected chi connectivity index (χ2v) is 7.38. The lowest BCUT2D eigenvalue weighted by atomic mass is 10.00. The molecule has 1 N–H and O–H groups in total. The van der Waals surface area contributed by atoms with Crippen molar-refractivity contribution in [3.63, 3.8) is 0 Å². The Morgan fingerprint density at radius 1 is 1.11 bits per heavy atom. The predicted octanol–water partition coefficient (Wildman–Crippen LogP) is 4.74. The summed E-state index contributed by atoms with van der Waals surface area (Å²) in [5, 5.41) is 12.4. The van der Waals surface area contributed by atoms with Crippen molar-refractivity contribution < 1.29 is 19.1 Å². The molecule has 1 amide bonds. The van der Waals surface area contributed by atoms with Crippen molar-refractivity contribution in [1.29, 1.82) is 0 Å². The van der Waals surface area contributed by atoms with Crippen LogP contribution in [0.4, 0.5) is 5.69 Å². The molecule has 1 unspecified atom stereocenters. The number of amides is 1. The number of aryl methyl sites for hydroxylation is 2. The number of furan rings is 1. The first-order chi connectivity index (χ1) is 13.0. The third kappa shape index (κ3) is 2.88. The van der Waals surface area contributed by atoms with E-state index in [1.54, 1.807) is 48.7 Å². The molecule has 1 aromatic carbocycles. The van der Waals surface area contributed by atoms with E-state index < -0.39 is 17.7 Å². The molecular formula is C21H17NO4S. The van der Waals surface area contributed by atoms with Gasteiger partial charge in [0.25, 0.3) is 5.91 Å². The molecule has 6 heteroatoms. The number of aliphatic hydroxyl groups excluding tert-OH is 1. The fraction of sp³-hybridized carbons (Fsp3) is 0.143. The van der Waals surface area contributed by atoms with Crippen LogP contribution < -0.4 is 4.90 Å². The first kappa shape index (κ1) is 17.3. The normalized spacial score (nSPS) is 17.0. The highest BCUT2D eigenvalue weighted by Gasteiger charge is 2.46. The van der Waals surface area contributed by atoms with E-state index in [0.717, 1.165) is 5.56 Å². The van der Waals surface area contributed by atoms with Gasteiger partial charge in [-0.1, -0.05) is 23.8 Å². The van der Waals surface area contributed by atoms with E-state index >= 15 is 0 Å². The van der Waals surface area contributed by atoms with Crippen LogP contribution in [0.15, 0.2) is 69.7 Å². The smallest absolute Gasteiger partial charge is 0.294 e. The van der Waals surface area contributed by atoms with Gasteiger partial charge in [0.2, 0.25) is 5.78 Å². The van der Waals surface area contributed by atoms with E-state index in [0.29, 0.717) is 22.1 Å². The van der Waals surface area contributed by atoms with Crippen molar-refractivity contribution in [2.75, 3.05) is 4.90 Å². The Kier molecular flexibility index (Phi) is 4.20. The summed E-state index contributed by atoms with van der Waals surface area (Å²) in [5.74, 6) is -0.420. The molecule has 0 fully saturated rings. The van der Waals surface area contributed by atoms with Crippen LogP contribution >= 0.6 is 11.3 Å². The Labute approximate surface area is 160 Å². The maximum Gasteiger partial charge on any atom is 0.294 e. The van der Waals surface area contributed by atoms with Crippen LogP contribution in [0.1, 0.15) is 32.8 Å². The van der Waals surface area contributed by atoms with Crippen LogP contribution in [0.2, 0.25) is 0 Å². The van der Waals surface area contributed by atoms with Gasteiger partial charge >= 0.3 is 0 Å². The maximum absolute atomic E-state index is 13.1. The second-order valence-electron chi connectivity index (χ2n) is 6.43. The van der Waals surface area contributed by atoms with Crippen LogP contribution in [0.5, 0.6) is 0 Å². The molecule has 136 valence electrons. The quantitative estimate of drug-likeness (QED) is 0.665. The Morgan fingerprint density at radius 2 is 1.85 bits per heavy atom. The molecule has 0 radical (unpaired) electrons. The standard InChI is InChI=1S/C21H17NO4S/c1-12-5-8-14(9-6-12)22-18(15-10-7-13(2)26-15)17(20(24)21(22)25)19(23)16-4-3-11-27-16/h3-11,18,24H,1-2H3. The number of carbonyl (C=O) groups is 2. The van der Waals surface area contributed by atoms with E-state index in [9.17, 15) is 14.7 Å². The molecule has 1 aliphatic rings. The molecule has 5 nitrogen and oxygen atoms in total. The van der Waals surface area contributed by atoms with Crippen LogP contribution in [0, 0.1) is 13.8 Å². The zero-order chi connectivity index (χ0) is 19.1. The lowest BCUT2D eigenvalue weighted by molar-refractivity contribution is -0.117. The summed E-state index contributed by atoms with van der Waals surface area (Å²) in [5.41, 5.74) is 1.67. The van der Waals surface area contributed by atoms with Crippen molar-refractivity contribution in [2.45, 2.75) is 19.9 Å². The Morgan fingerprint density at radius 3 is 2.44 bits per heavy atom. The summed E-state index contributed by atoms with van der Waals surface area (Å²) in [6, 6.07) is 13.5. The number of anilines is 1. The zero-order valence-corrected chi connectivity index (χ0v) is 15.6. The molecule has 4 rings (SSSR count). The molecule has 2 aromatic heterocycles. The van der Waals surface area contributed by atoms with Gasteiger partial charge in [-0.05, 0) is 49.6 Å². The summed E-state index contributed by atoms with van der Waals surface area (Å²) in [6.45, 7) is 3.74. The zero-order valence-electron chi connectivity index (χ0n) is 14.8. The van der Waals surface area contributed by atoms with E-state index in [4.69, 9.17) is 4.42 Å². The highest BCUT2D eigenvalue weighted by Crippen LogP contribution is 2.42. The van der Waals surface area contributed by atoms with Crippen molar-refractivity contribution in [3.05, 3.63) is 87.2 Å². The Bertz CT molecular complexity index is 1040. The van der Waals surface area contributed by atoms with Crippen LogP contribution in [-0.4, -0.2) is 16.8 Å². The van der Waals surface area contributed by atoms with Gasteiger partial charge in [0.05, 0.1) is 10.5 Å². The molecular weight excluding hydrogens is 362 g/mol. The monoisotopic (exact) mass is 379 g/mol. The third-order valence-corrected chi connectivity index (χ3v) is 5.41. The number of aliphatic hydroxyl groups is 1. The largest absolute Gasteiger partial charge is 0.503 e. The predicted molar refractivity (Wildman–Crippen MR) is 103 cm³/mol. The fourth-order valence-electron chi connectivity index (χ4n) is 3.22. The van der Waals surface area contributed by atoms with Crippen molar-refractivity contribution in [1.82, 2.24) is 0 Å². The van der Waals surface area contributed by atoms with Gasteiger partial charge in [-0.15, -0.1) is 11.3 Å². The molecule has 0 bridgehead atoms. The molecule has 3 aromatic rings. The number of ketones is 1. The summed E-state index contributed by atoms with van der Waals surface area (Å²) >= 11 is 1.27. The van der Waals surface area contributed by atoms with E-state index in [1.165, 1.54) is 16.2 Å². The van der Waals surface area contributed by atoms with Gasteiger partial charge < -0.3 is 9.52 Å². The SMILES string of the molecule is Cc1ccc(N2C(=O)C(O)=C(C(=O)c3cccs3)C2c2ccc(C)o2)cc1. The summed E-state index contributed by atoms with van der Waals surface area (Å²) in [4.78, 5) is 27.8. The first-order valence-corrected chi connectivity index (χ1v) is 9.33. The minimum Gasteiger partial charge on any atom is -0.503 e. The highest BCUT2D eigenvalue weighted by atomic mass is 32.1. The summed E-state index contributed by atoms with van der Waals surface area (Å²) < 4.78 is 5.75. The first-order valence-electron chi connectivity index (χ1n) is 8.45. The van der Waals surface area contributed by atoms with Gasteiger partial charge in [-0.25, -0.2) is 0 Å². The fourth-order valence-corrected chi connectivity index (χ4v) is 3.90. The lowest BCUT2D eigenvalue weighted by Gasteiger charge is -2.25. The molecule has 0 aliphatic carbocycles. The molecule has 27 heavy (non-hydrogen) atoms. The number of nitrogens with zero attached hydrogens (tertiary/aromatic N) is 1. The molecule has 0 spiro atoms. The van der Waals surface area contributed by atoms with Gasteiger partial charge in [0.15, 0.2) is 5.76 Å². The Balaban J connectivity index is 1.87. The minimum absolute atomic E-state index is 0.0392. The molecule has 0 saturated heterocycles. The van der Waals surface area contributed by atoms with E-state index in [2.05, 4.69) is 0 Å². The number of rotatable bonds is 4. The third-order valence-electron chi connectivity index (χ3n) is 4.54. The second kappa shape index (κ2) is 6.55. The van der Waals surface area contributed by atoms with Crippen molar-refractivity contribution in [3.8, 4) is 0 Å². The van der Waals surface area contributed by atoms with Crippen molar-refractivity contribution >= 4 is 28.7 Å². The molecule has 1 atom stereocenters. The molecule has 0 saturated carbocycles. The highest BCUT2D eigenvalue weighted by molar-refractivity contribution is 7.12. The van der Waals surface area contributed by atoms with Crippen molar-refractivity contribution in [2.24, 2.45) is 0 Å². The Hall–Kier alpha value is -3.12. The number of Topliss-reactive ketones (excluding diaryl/α,β-unsaturated/α-hetero) is 1. The minimum atomic E-state index is -0.816. The topological polar surface area (TPSA) is 70.8 Å². The van der Waals surface area contributed by atoms with Gasteiger partial charge in [0, 0.05) is 5.69 Å². The average molecular weight is 379 g/mol. The average Bonchev–Trinajstić information content (AvgIpc) is 3.37. The number of thiophene rings is 1. The maximum atomic E-state index is 13.1. The van der Waals surface area contributed by atoms with Crippen LogP contribution in [0.3, 0.4) is 0 Å². The number of benzene rings is 1. The van der Waals surface area contributed by atoms with Gasteiger partial charge in [-0.3, -0.25) is 14.5 Å². The van der Waals surface area contributed by atoms with E-state index in [1.807, 2.05) is 19.1 Å². The van der Waals surface area contributed by atoms with Gasteiger partial charge in [0.1, 0.15) is 17.6 Å². The summed E-state index contributed by atoms with van der Waals surface area (Å²) in [7, 11) is 0. The molecule has 1 aliphatic heterocycles. The summed E-state index contributed by atoms with van der Waals surface area (Å²) in [6.07, 6.45) is 0. The van der Waals surface area contributed by atoms with E-state index in [-0.39, 0.29) is 11.4 Å².